The van der Waals surface area contributed by atoms with E-state index in [0.29, 0.717) is 5.71 Å². The predicted molar refractivity (Wildman–Crippen MR) is 141 cm³/mol. The number of rotatable bonds is 8. The number of carbonyl (C=O) groups is 3. The molecule has 186 valence electrons. The number of hydrogen-bond donors (Lipinski definition) is 1. The molecular weight excluding hydrogens is 498 g/mol. The molecule has 2 heterocycles. The van der Waals surface area contributed by atoms with Gasteiger partial charge in [-0.05, 0) is 25.0 Å². The molecule has 2 aromatic carbocycles. The van der Waals surface area contributed by atoms with Crippen molar-refractivity contribution in [2.24, 2.45) is 5.10 Å². The first-order valence-corrected chi connectivity index (χ1v) is 12.6. The Morgan fingerprint density at radius 2 is 1.92 bits per heavy atom. The topological polar surface area (TPSA) is 99.5 Å². The molecule has 2 aliphatic rings. The van der Waals surface area contributed by atoms with E-state index in [0.717, 1.165) is 28.5 Å². The van der Waals surface area contributed by atoms with Crippen molar-refractivity contribution in [3.63, 3.8) is 0 Å². The fraction of sp³-hybridized carbons (Fsp3) is 0.269. The summed E-state index contributed by atoms with van der Waals surface area (Å²) in [6.07, 6.45) is 1.83. The Labute approximate surface area is 218 Å². The van der Waals surface area contributed by atoms with Crippen molar-refractivity contribution >= 4 is 51.9 Å². The maximum Gasteiger partial charge on any atom is 0.329 e. The number of carbonyl (C=O) groups excluding carboxylic acids is 2. The van der Waals surface area contributed by atoms with Crippen LogP contribution in [0.25, 0.3) is 0 Å². The number of thiocarbonyl (C=S) groups is 1. The number of ether oxygens (including phenoxy) is 1. The van der Waals surface area contributed by atoms with E-state index in [-0.39, 0.29) is 28.7 Å². The number of thioether (sulfide) groups is 1. The number of nitrogens with zero attached hydrogens (tertiary/aromatic N) is 3. The minimum Gasteiger partial charge on any atom is -0.480 e. The van der Waals surface area contributed by atoms with Crippen molar-refractivity contribution in [3.05, 3.63) is 82.4 Å². The highest BCUT2D eigenvalue weighted by atomic mass is 32.2. The van der Waals surface area contributed by atoms with Gasteiger partial charge in [0.2, 0.25) is 0 Å². The lowest BCUT2D eigenvalue weighted by Crippen LogP contribution is -2.46. The number of esters is 1. The van der Waals surface area contributed by atoms with E-state index in [1.54, 1.807) is 6.92 Å². The van der Waals surface area contributed by atoms with Crippen LogP contribution in [0.2, 0.25) is 0 Å². The van der Waals surface area contributed by atoms with Crippen molar-refractivity contribution in [1.82, 2.24) is 9.91 Å². The molecule has 1 N–H and O–H groups in total. The van der Waals surface area contributed by atoms with Gasteiger partial charge in [-0.25, -0.2) is 9.59 Å². The molecule has 1 fully saturated rings. The second-order valence-electron chi connectivity index (χ2n) is 8.34. The van der Waals surface area contributed by atoms with E-state index in [1.165, 1.54) is 16.1 Å². The largest absolute Gasteiger partial charge is 0.480 e. The van der Waals surface area contributed by atoms with E-state index >= 15 is 0 Å². The number of hydrazone groups is 1. The first-order valence-electron chi connectivity index (χ1n) is 11.4. The van der Waals surface area contributed by atoms with E-state index in [9.17, 15) is 19.5 Å². The fourth-order valence-corrected chi connectivity index (χ4v) is 5.30. The number of carboxylic acids is 1. The van der Waals surface area contributed by atoms with Crippen LogP contribution in [0.1, 0.15) is 30.0 Å². The Kier molecular flexibility index (Phi) is 7.85. The van der Waals surface area contributed by atoms with Gasteiger partial charge in [0, 0.05) is 19.0 Å². The number of benzene rings is 2. The molecule has 2 unspecified atom stereocenters. The molecule has 0 aliphatic carbocycles. The maximum atomic E-state index is 13.4. The van der Waals surface area contributed by atoms with Crippen molar-refractivity contribution in [2.45, 2.75) is 38.8 Å². The average molecular weight is 524 g/mol. The van der Waals surface area contributed by atoms with Crippen molar-refractivity contribution < 1.29 is 24.2 Å². The van der Waals surface area contributed by atoms with Gasteiger partial charge < -0.3 is 9.84 Å². The maximum absolute atomic E-state index is 13.4. The van der Waals surface area contributed by atoms with Crippen LogP contribution in [-0.4, -0.2) is 61.6 Å². The minimum absolute atomic E-state index is 0.166. The van der Waals surface area contributed by atoms with E-state index in [1.807, 2.05) is 61.5 Å². The second kappa shape index (κ2) is 11.0. The normalized spacial score (nSPS) is 19.6. The number of carboxylic acid groups (broad SMARTS) is 1. The van der Waals surface area contributed by atoms with Crippen molar-refractivity contribution in [2.75, 3.05) is 6.61 Å². The van der Waals surface area contributed by atoms with Gasteiger partial charge in [0.15, 0.2) is 6.04 Å². The van der Waals surface area contributed by atoms with Gasteiger partial charge in [0.25, 0.3) is 5.91 Å². The van der Waals surface area contributed by atoms with Crippen LogP contribution in [0, 0.1) is 6.92 Å². The van der Waals surface area contributed by atoms with E-state index < -0.39 is 29.9 Å². The molecule has 0 spiro atoms. The molecule has 0 aromatic heterocycles. The highest BCUT2D eigenvalue weighted by molar-refractivity contribution is 8.26. The number of hydrogen-bond acceptors (Lipinski definition) is 8. The standard InChI is InChI=1S/C26H25N3O5S2/c1-3-34-25(33)21(13-17-7-5-4-6-8-17)29-23(30)22(36-26(29)35)15-28-20(24(31)32)14-19(27-28)18-11-9-16(2)10-12-18/h4-12,15,20-21H,3,13-14H2,1-2H3,(H,31,32)/b22-15-. The summed E-state index contributed by atoms with van der Waals surface area (Å²) in [6, 6.07) is 15.0. The lowest BCUT2D eigenvalue weighted by Gasteiger charge is -2.25. The summed E-state index contributed by atoms with van der Waals surface area (Å²) < 4.78 is 5.45. The lowest BCUT2D eigenvalue weighted by atomic mass is 10.0. The molecule has 2 aliphatic heterocycles. The summed E-state index contributed by atoms with van der Waals surface area (Å²) in [7, 11) is 0. The van der Waals surface area contributed by atoms with Crippen LogP contribution >= 0.6 is 24.0 Å². The van der Waals surface area contributed by atoms with Crippen molar-refractivity contribution in [3.8, 4) is 0 Å². The Morgan fingerprint density at radius 1 is 1.22 bits per heavy atom. The van der Waals surface area contributed by atoms with Crippen molar-refractivity contribution in [1.29, 1.82) is 0 Å². The Balaban J connectivity index is 1.62. The quantitative estimate of drug-likeness (QED) is 0.317. The van der Waals surface area contributed by atoms with Crippen LogP contribution < -0.4 is 0 Å². The molecule has 10 heteroatoms. The molecule has 0 radical (unpaired) electrons. The monoisotopic (exact) mass is 523 g/mol. The molecule has 36 heavy (non-hydrogen) atoms. The molecule has 2 aromatic rings. The first kappa shape index (κ1) is 25.6. The molecule has 2 atom stereocenters. The van der Waals surface area contributed by atoms with Crippen LogP contribution in [0.5, 0.6) is 0 Å². The minimum atomic E-state index is -1.05. The molecular formula is C26H25N3O5S2. The van der Waals surface area contributed by atoms with Crippen LogP contribution in [0.3, 0.4) is 0 Å². The number of aryl methyl sites for hydroxylation is 1. The van der Waals surface area contributed by atoms with Crippen LogP contribution in [0.4, 0.5) is 0 Å². The van der Waals surface area contributed by atoms with Gasteiger partial charge in [0.05, 0.1) is 17.2 Å². The predicted octanol–water partition coefficient (Wildman–Crippen LogP) is 3.73. The third kappa shape index (κ3) is 5.50. The summed E-state index contributed by atoms with van der Waals surface area (Å²) in [5.74, 6) is -2.09. The summed E-state index contributed by atoms with van der Waals surface area (Å²) in [5, 5.41) is 15.6. The van der Waals surface area contributed by atoms with Gasteiger partial charge in [0.1, 0.15) is 10.4 Å². The lowest BCUT2D eigenvalue weighted by molar-refractivity contribution is -0.150. The zero-order valence-electron chi connectivity index (χ0n) is 19.8. The van der Waals surface area contributed by atoms with Gasteiger partial charge in [-0.2, -0.15) is 5.10 Å². The molecule has 0 bridgehead atoms. The first-order chi connectivity index (χ1) is 17.3. The average Bonchev–Trinajstić information content (AvgIpc) is 3.40. The molecule has 0 saturated carbocycles. The van der Waals surface area contributed by atoms with E-state index in [2.05, 4.69) is 5.10 Å². The summed E-state index contributed by atoms with van der Waals surface area (Å²) in [5.41, 5.74) is 3.37. The zero-order chi connectivity index (χ0) is 25.8. The molecule has 4 rings (SSSR count). The molecule has 1 amide bonds. The van der Waals surface area contributed by atoms with Gasteiger partial charge in [-0.3, -0.25) is 14.7 Å². The van der Waals surface area contributed by atoms with E-state index in [4.69, 9.17) is 17.0 Å². The van der Waals surface area contributed by atoms with Crippen LogP contribution in [0.15, 0.2) is 70.8 Å². The Hall–Kier alpha value is -3.50. The summed E-state index contributed by atoms with van der Waals surface area (Å²) >= 11 is 6.49. The Morgan fingerprint density at radius 3 is 2.56 bits per heavy atom. The second-order valence-corrected chi connectivity index (χ2v) is 10.0. The third-order valence-electron chi connectivity index (χ3n) is 5.83. The number of aliphatic carboxylic acids is 1. The Bertz CT molecular complexity index is 1240. The van der Waals surface area contributed by atoms with Gasteiger partial charge >= 0.3 is 11.9 Å². The molecule has 1 saturated heterocycles. The van der Waals surface area contributed by atoms with Crippen LogP contribution in [-0.2, 0) is 25.5 Å². The third-order valence-corrected chi connectivity index (χ3v) is 7.15. The highest BCUT2D eigenvalue weighted by Gasteiger charge is 2.42. The summed E-state index contributed by atoms with van der Waals surface area (Å²) in [4.78, 5) is 39.7. The zero-order valence-corrected chi connectivity index (χ0v) is 21.4. The molecule has 8 nitrogen and oxygen atoms in total. The highest BCUT2D eigenvalue weighted by Crippen LogP contribution is 2.35. The smallest absolute Gasteiger partial charge is 0.329 e. The summed E-state index contributed by atoms with van der Waals surface area (Å²) in [6.45, 7) is 3.83. The van der Waals surface area contributed by atoms with Gasteiger partial charge in [-0.15, -0.1) is 0 Å². The number of amides is 1. The SMILES string of the molecule is CCOC(=O)C(Cc1ccccc1)N1C(=O)/C(=C/N2N=C(c3ccc(C)cc3)CC2C(=O)O)SC1=S. The fourth-order valence-electron chi connectivity index (χ4n) is 3.98. The van der Waals surface area contributed by atoms with Gasteiger partial charge in [-0.1, -0.05) is 84.1 Å².